The summed E-state index contributed by atoms with van der Waals surface area (Å²) in [5, 5.41) is 0. The molecule has 1 rings (SSSR count). The van der Waals surface area contributed by atoms with E-state index in [0.717, 1.165) is 0 Å². The van der Waals surface area contributed by atoms with Crippen molar-refractivity contribution in [2.24, 2.45) is 11.5 Å². The standard InChI is InChI=1S/C8H16F2N2O/c1-4-5(11)2-3-6(13-4)7(12)8(9)10/h4-8H,2-3,11-12H2,1H3/t4-,5?,6?,7?/m1/s1. The van der Waals surface area contributed by atoms with Crippen LogP contribution in [0.15, 0.2) is 0 Å². The summed E-state index contributed by atoms with van der Waals surface area (Å²) < 4.78 is 29.7. The lowest BCUT2D eigenvalue weighted by atomic mass is 9.96. The van der Waals surface area contributed by atoms with Gasteiger partial charge in [0.1, 0.15) is 0 Å². The molecule has 0 amide bonds. The zero-order valence-electron chi connectivity index (χ0n) is 7.62. The van der Waals surface area contributed by atoms with Gasteiger partial charge in [-0.05, 0) is 19.8 Å². The Hall–Kier alpha value is -0.260. The molecule has 0 bridgehead atoms. The van der Waals surface area contributed by atoms with Crippen molar-refractivity contribution in [1.29, 1.82) is 0 Å². The summed E-state index contributed by atoms with van der Waals surface area (Å²) in [6, 6.07) is -1.24. The minimum Gasteiger partial charge on any atom is -0.372 e. The first kappa shape index (κ1) is 10.8. The Morgan fingerprint density at radius 2 is 2.00 bits per heavy atom. The fraction of sp³-hybridized carbons (Fsp3) is 1.00. The van der Waals surface area contributed by atoms with Crippen molar-refractivity contribution < 1.29 is 13.5 Å². The average Bonchev–Trinajstić information content (AvgIpc) is 2.08. The second-order valence-corrected chi connectivity index (χ2v) is 3.53. The lowest BCUT2D eigenvalue weighted by Gasteiger charge is -2.35. The number of hydrogen-bond acceptors (Lipinski definition) is 3. The van der Waals surface area contributed by atoms with Gasteiger partial charge in [0.25, 0.3) is 6.43 Å². The molecule has 1 heterocycles. The highest BCUT2D eigenvalue weighted by molar-refractivity contribution is 4.85. The highest BCUT2D eigenvalue weighted by Gasteiger charge is 2.33. The maximum Gasteiger partial charge on any atom is 0.256 e. The fourth-order valence-corrected chi connectivity index (χ4v) is 1.48. The van der Waals surface area contributed by atoms with Crippen LogP contribution in [0.1, 0.15) is 19.8 Å². The van der Waals surface area contributed by atoms with Gasteiger partial charge in [0.05, 0.1) is 18.2 Å². The van der Waals surface area contributed by atoms with E-state index in [1.54, 1.807) is 6.92 Å². The van der Waals surface area contributed by atoms with E-state index in [4.69, 9.17) is 16.2 Å². The zero-order chi connectivity index (χ0) is 10.0. The molecule has 3 nitrogen and oxygen atoms in total. The van der Waals surface area contributed by atoms with Crippen molar-refractivity contribution in [2.75, 3.05) is 0 Å². The maximum absolute atomic E-state index is 12.2. The summed E-state index contributed by atoms with van der Waals surface area (Å²) in [5.74, 6) is 0. The molecule has 0 aromatic rings. The Morgan fingerprint density at radius 1 is 1.38 bits per heavy atom. The summed E-state index contributed by atoms with van der Waals surface area (Å²) in [5.41, 5.74) is 10.9. The van der Waals surface area contributed by atoms with E-state index in [2.05, 4.69) is 0 Å². The summed E-state index contributed by atoms with van der Waals surface area (Å²) in [4.78, 5) is 0. The first-order valence-corrected chi connectivity index (χ1v) is 4.47. The van der Waals surface area contributed by atoms with Crippen LogP contribution in [0.25, 0.3) is 0 Å². The van der Waals surface area contributed by atoms with Crippen LogP contribution in [0, 0.1) is 0 Å². The number of hydrogen-bond donors (Lipinski definition) is 2. The largest absolute Gasteiger partial charge is 0.372 e. The first-order valence-electron chi connectivity index (χ1n) is 4.47. The second kappa shape index (κ2) is 4.30. The van der Waals surface area contributed by atoms with E-state index in [1.165, 1.54) is 0 Å². The van der Waals surface area contributed by atoms with Gasteiger partial charge >= 0.3 is 0 Å². The minimum atomic E-state index is -2.52. The monoisotopic (exact) mass is 194 g/mol. The van der Waals surface area contributed by atoms with Gasteiger partial charge in [0, 0.05) is 6.04 Å². The molecule has 1 aliphatic rings. The maximum atomic E-state index is 12.2. The van der Waals surface area contributed by atoms with Gasteiger partial charge in [-0.25, -0.2) is 8.78 Å². The third-order valence-corrected chi connectivity index (χ3v) is 2.50. The van der Waals surface area contributed by atoms with Gasteiger partial charge in [-0.3, -0.25) is 0 Å². The Balaban J connectivity index is 2.45. The fourth-order valence-electron chi connectivity index (χ4n) is 1.48. The summed E-state index contributed by atoms with van der Waals surface area (Å²) >= 11 is 0. The van der Waals surface area contributed by atoms with Crippen molar-refractivity contribution in [2.45, 2.75) is 50.5 Å². The molecular formula is C8H16F2N2O. The molecule has 0 aliphatic carbocycles. The van der Waals surface area contributed by atoms with Gasteiger partial charge < -0.3 is 16.2 Å². The number of nitrogens with two attached hydrogens (primary N) is 2. The van der Waals surface area contributed by atoms with Crippen LogP contribution in [0.4, 0.5) is 8.78 Å². The Morgan fingerprint density at radius 3 is 2.46 bits per heavy atom. The predicted molar refractivity (Wildman–Crippen MR) is 45.5 cm³/mol. The molecule has 0 aromatic carbocycles. The van der Waals surface area contributed by atoms with Gasteiger partial charge in [-0.2, -0.15) is 0 Å². The average molecular weight is 194 g/mol. The SMILES string of the molecule is C[C@H]1OC(C(N)C(F)F)CCC1N. The number of halogens is 2. The predicted octanol–water partition coefficient (Wildman–Crippen LogP) is 0.474. The van der Waals surface area contributed by atoms with Crippen molar-refractivity contribution in [1.82, 2.24) is 0 Å². The van der Waals surface area contributed by atoms with Crippen molar-refractivity contribution >= 4 is 0 Å². The van der Waals surface area contributed by atoms with Crippen LogP contribution in [0.3, 0.4) is 0 Å². The highest BCUT2D eigenvalue weighted by atomic mass is 19.3. The molecule has 3 unspecified atom stereocenters. The summed E-state index contributed by atoms with van der Waals surface area (Å²) in [6.45, 7) is 1.79. The van der Waals surface area contributed by atoms with Gasteiger partial charge in [0.15, 0.2) is 0 Å². The van der Waals surface area contributed by atoms with Crippen molar-refractivity contribution in [3.8, 4) is 0 Å². The quantitative estimate of drug-likeness (QED) is 0.672. The van der Waals surface area contributed by atoms with Crippen LogP contribution in [-0.2, 0) is 4.74 Å². The molecule has 13 heavy (non-hydrogen) atoms. The molecule has 0 spiro atoms. The molecule has 1 aliphatic heterocycles. The van der Waals surface area contributed by atoms with Crippen LogP contribution >= 0.6 is 0 Å². The van der Waals surface area contributed by atoms with Crippen LogP contribution in [0.5, 0.6) is 0 Å². The first-order chi connectivity index (χ1) is 6.02. The molecule has 1 fully saturated rings. The molecular weight excluding hydrogens is 178 g/mol. The van der Waals surface area contributed by atoms with Crippen LogP contribution < -0.4 is 11.5 Å². The smallest absolute Gasteiger partial charge is 0.256 e. The van der Waals surface area contributed by atoms with E-state index in [-0.39, 0.29) is 12.1 Å². The third kappa shape index (κ3) is 2.59. The minimum absolute atomic E-state index is 0.0545. The third-order valence-electron chi connectivity index (χ3n) is 2.50. The van der Waals surface area contributed by atoms with Crippen molar-refractivity contribution in [3.63, 3.8) is 0 Å². The van der Waals surface area contributed by atoms with E-state index >= 15 is 0 Å². The molecule has 0 aromatic heterocycles. The topological polar surface area (TPSA) is 61.3 Å². The van der Waals surface area contributed by atoms with Gasteiger partial charge in [0.2, 0.25) is 0 Å². The lowest BCUT2D eigenvalue weighted by molar-refractivity contribution is -0.0859. The molecule has 5 heteroatoms. The summed E-state index contributed by atoms with van der Waals surface area (Å²) in [7, 11) is 0. The van der Waals surface area contributed by atoms with Crippen molar-refractivity contribution in [3.05, 3.63) is 0 Å². The molecule has 0 saturated carbocycles. The number of ether oxygens (including phenoxy) is 1. The van der Waals surface area contributed by atoms with Crippen LogP contribution in [-0.4, -0.2) is 30.7 Å². The molecule has 4 N–H and O–H groups in total. The lowest BCUT2D eigenvalue weighted by Crippen LogP contribution is -2.51. The molecule has 1 saturated heterocycles. The summed E-state index contributed by atoms with van der Waals surface area (Å²) in [6.07, 6.45) is -2.02. The van der Waals surface area contributed by atoms with E-state index in [0.29, 0.717) is 12.8 Å². The second-order valence-electron chi connectivity index (χ2n) is 3.53. The van der Waals surface area contributed by atoms with E-state index in [9.17, 15) is 8.78 Å². The van der Waals surface area contributed by atoms with E-state index < -0.39 is 18.6 Å². The number of rotatable bonds is 2. The highest BCUT2D eigenvalue weighted by Crippen LogP contribution is 2.21. The van der Waals surface area contributed by atoms with Crippen LogP contribution in [0.2, 0.25) is 0 Å². The molecule has 0 radical (unpaired) electrons. The van der Waals surface area contributed by atoms with Gasteiger partial charge in [-0.15, -0.1) is 0 Å². The Bertz CT molecular complexity index is 168. The van der Waals surface area contributed by atoms with E-state index in [1.807, 2.05) is 0 Å². The number of alkyl halides is 2. The Labute approximate surface area is 76.4 Å². The Kier molecular flexibility index (Phi) is 3.58. The normalized spacial score (nSPS) is 37.8. The zero-order valence-corrected chi connectivity index (χ0v) is 7.62. The van der Waals surface area contributed by atoms with Gasteiger partial charge in [-0.1, -0.05) is 0 Å². The molecule has 78 valence electrons. The molecule has 4 atom stereocenters.